The predicted molar refractivity (Wildman–Crippen MR) is 102 cm³/mol. The molecule has 0 unspecified atom stereocenters. The SMILES string of the molecule is COc1ccc(/C=N\n2c(-c3ccccc3OC)n[nH]c2=S)c(OC)c1. The van der Waals surface area contributed by atoms with Gasteiger partial charge in [-0.15, -0.1) is 0 Å². The molecule has 0 atom stereocenters. The van der Waals surface area contributed by atoms with Crippen molar-refractivity contribution in [2.24, 2.45) is 5.10 Å². The molecular weight excluding hydrogens is 352 g/mol. The number of benzene rings is 2. The van der Waals surface area contributed by atoms with Gasteiger partial charge in [0.25, 0.3) is 0 Å². The molecule has 0 bridgehead atoms. The lowest BCUT2D eigenvalue weighted by Gasteiger charge is -2.08. The van der Waals surface area contributed by atoms with Gasteiger partial charge in [0.1, 0.15) is 17.2 Å². The Morgan fingerprint density at radius 3 is 2.54 bits per heavy atom. The van der Waals surface area contributed by atoms with Crippen LogP contribution < -0.4 is 14.2 Å². The molecule has 134 valence electrons. The second-order valence-electron chi connectivity index (χ2n) is 5.22. The summed E-state index contributed by atoms with van der Waals surface area (Å²) in [6, 6.07) is 13.0. The van der Waals surface area contributed by atoms with Crippen LogP contribution in [0.25, 0.3) is 11.4 Å². The summed E-state index contributed by atoms with van der Waals surface area (Å²) in [5, 5.41) is 11.5. The maximum Gasteiger partial charge on any atom is 0.216 e. The van der Waals surface area contributed by atoms with Gasteiger partial charge in [0, 0.05) is 11.6 Å². The van der Waals surface area contributed by atoms with Crippen molar-refractivity contribution >= 4 is 18.4 Å². The minimum Gasteiger partial charge on any atom is -0.497 e. The van der Waals surface area contributed by atoms with Gasteiger partial charge in [-0.1, -0.05) is 12.1 Å². The average Bonchev–Trinajstić information content (AvgIpc) is 3.06. The van der Waals surface area contributed by atoms with Crippen molar-refractivity contribution in [3.8, 4) is 28.6 Å². The lowest BCUT2D eigenvalue weighted by atomic mass is 10.2. The van der Waals surface area contributed by atoms with Gasteiger partial charge in [-0.3, -0.25) is 0 Å². The molecule has 3 rings (SSSR count). The molecule has 0 amide bonds. The smallest absolute Gasteiger partial charge is 0.216 e. The summed E-state index contributed by atoms with van der Waals surface area (Å²) in [4.78, 5) is 0. The summed E-state index contributed by atoms with van der Waals surface area (Å²) in [5.41, 5.74) is 1.56. The third-order valence-electron chi connectivity index (χ3n) is 3.75. The zero-order valence-corrected chi connectivity index (χ0v) is 15.4. The lowest BCUT2D eigenvalue weighted by Crippen LogP contribution is -1.98. The highest BCUT2D eigenvalue weighted by atomic mass is 32.1. The van der Waals surface area contributed by atoms with Crippen LogP contribution in [0.15, 0.2) is 47.6 Å². The Bertz CT molecular complexity index is 994. The number of aromatic amines is 1. The first-order valence-corrected chi connectivity index (χ1v) is 8.16. The minimum atomic E-state index is 0.370. The van der Waals surface area contributed by atoms with Crippen molar-refractivity contribution < 1.29 is 14.2 Å². The predicted octanol–water partition coefficient (Wildman–Crippen LogP) is 3.52. The van der Waals surface area contributed by atoms with Crippen LogP contribution in [0.5, 0.6) is 17.2 Å². The maximum absolute atomic E-state index is 5.40. The van der Waals surface area contributed by atoms with Crippen molar-refractivity contribution in [3.05, 3.63) is 52.8 Å². The van der Waals surface area contributed by atoms with Crippen molar-refractivity contribution in [1.29, 1.82) is 0 Å². The number of methoxy groups -OCH3 is 3. The van der Waals surface area contributed by atoms with Gasteiger partial charge in [0.05, 0.1) is 33.1 Å². The lowest BCUT2D eigenvalue weighted by molar-refractivity contribution is 0.394. The maximum atomic E-state index is 5.40. The second kappa shape index (κ2) is 7.83. The van der Waals surface area contributed by atoms with E-state index in [4.69, 9.17) is 26.4 Å². The first kappa shape index (κ1) is 17.7. The number of H-pyrrole nitrogens is 1. The van der Waals surface area contributed by atoms with Crippen molar-refractivity contribution in [2.75, 3.05) is 21.3 Å². The number of para-hydroxylation sites is 1. The second-order valence-corrected chi connectivity index (χ2v) is 5.60. The number of hydrogen-bond acceptors (Lipinski definition) is 6. The fourth-order valence-electron chi connectivity index (χ4n) is 2.45. The molecule has 1 aromatic heterocycles. The topological polar surface area (TPSA) is 73.7 Å². The zero-order valence-electron chi connectivity index (χ0n) is 14.6. The third-order valence-corrected chi connectivity index (χ3v) is 4.02. The molecule has 1 N–H and O–H groups in total. The number of hydrogen-bond donors (Lipinski definition) is 1. The number of nitrogens with one attached hydrogen (secondary N) is 1. The molecule has 0 aliphatic carbocycles. The summed E-state index contributed by atoms with van der Waals surface area (Å²) >= 11 is 5.31. The molecule has 2 aromatic carbocycles. The molecule has 0 fully saturated rings. The number of aromatic nitrogens is 3. The normalized spacial score (nSPS) is 10.9. The van der Waals surface area contributed by atoms with E-state index < -0.39 is 0 Å². The van der Waals surface area contributed by atoms with Crippen LogP contribution in [-0.4, -0.2) is 42.4 Å². The van der Waals surface area contributed by atoms with Crippen molar-refractivity contribution in [2.45, 2.75) is 0 Å². The van der Waals surface area contributed by atoms with E-state index in [1.54, 1.807) is 33.6 Å². The van der Waals surface area contributed by atoms with Crippen LogP contribution in [0.4, 0.5) is 0 Å². The third kappa shape index (κ3) is 3.45. The van der Waals surface area contributed by atoms with E-state index in [-0.39, 0.29) is 0 Å². The van der Waals surface area contributed by atoms with Gasteiger partial charge in [0.2, 0.25) is 4.77 Å². The van der Waals surface area contributed by atoms with Crippen LogP contribution in [0.1, 0.15) is 5.56 Å². The van der Waals surface area contributed by atoms with E-state index in [0.29, 0.717) is 27.8 Å². The van der Waals surface area contributed by atoms with Gasteiger partial charge in [0.15, 0.2) is 5.82 Å². The molecular formula is C18H18N4O3S. The molecule has 7 nitrogen and oxygen atoms in total. The summed E-state index contributed by atoms with van der Waals surface area (Å²) in [6.07, 6.45) is 1.66. The van der Waals surface area contributed by atoms with Crippen molar-refractivity contribution in [3.63, 3.8) is 0 Å². The minimum absolute atomic E-state index is 0.370. The van der Waals surface area contributed by atoms with Gasteiger partial charge in [-0.25, -0.2) is 5.10 Å². The zero-order chi connectivity index (χ0) is 18.5. The van der Waals surface area contributed by atoms with E-state index in [2.05, 4.69) is 15.3 Å². The van der Waals surface area contributed by atoms with Crippen LogP contribution in [0.2, 0.25) is 0 Å². The molecule has 0 aliphatic rings. The standard InChI is InChI=1S/C18H18N4O3S/c1-23-13-9-8-12(16(10-13)25-3)11-19-22-17(20-21-18(22)26)14-6-4-5-7-15(14)24-2/h4-11H,1-3H3,(H,21,26)/b19-11-. The first-order valence-electron chi connectivity index (χ1n) is 7.75. The number of rotatable bonds is 6. The Labute approximate surface area is 155 Å². The van der Waals surface area contributed by atoms with E-state index in [1.165, 1.54) is 4.68 Å². The largest absolute Gasteiger partial charge is 0.497 e. The fraction of sp³-hybridized carbons (Fsp3) is 0.167. The van der Waals surface area contributed by atoms with Gasteiger partial charge < -0.3 is 14.2 Å². The molecule has 3 aromatic rings. The van der Waals surface area contributed by atoms with Crippen molar-refractivity contribution in [1.82, 2.24) is 14.9 Å². The molecule has 0 aliphatic heterocycles. The molecule has 0 saturated carbocycles. The average molecular weight is 370 g/mol. The van der Waals surface area contributed by atoms with E-state index >= 15 is 0 Å². The highest BCUT2D eigenvalue weighted by Gasteiger charge is 2.13. The van der Waals surface area contributed by atoms with Gasteiger partial charge in [-0.05, 0) is 36.5 Å². The summed E-state index contributed by atoms with van der Waals surface area (Å²) in [6.45, 7) is 0. The fourth-order valence-corrected chi connectivity index (χ4v) is 2.63. The van der Waals surface area contributed by atoms with Gasteiger partial charge >= 0.3 is 0 Å². The first-order chi connectivity index (χ1) is 12.7. The molecule has 8 heteroatoms. The summed E-state index contributed by atoms with van der Waals surface area (Å²) in [5.74, 6) is 2.58. The molecule has 26 heavy (non-hydrogen) atoms. The highest BCUT2D eigenvalue weighted by Crippen LogP contribution is 2.28. The Balaban J connectivity index is 2.03. The highest BCUT2D eigenvalue weighted by molar-refractivity contribution is 7.71. The molecule has 0 radical (unpaired) electrons. The van der Waals surface area contributed by atoms with E-state index in [1.807, 2.05) is 36.4 Å². The number of nitrogens with zero attached hydrogens (tertiary/aromatic N) is 3. The van der Waals surface area contributed by atoms with Gasteiger partial charge in [-0.2, -0.15) is 14.9 Å². The van der Waals surface area contributed by atoms with E-state index in [9.17, 15) is 0 Å². The molecule has 0 spiro atoms. The van der Waals surface area contributed by atoms with Crippen LogP contribution in [0, 0.1) is 4.77 Å². The number of ether oxygens (including phenoxy) is 3. The monoisotopic (exact) mass is 370 g/mol. The summed E-state index contributed by atoms with van der Waals surface area (Å²) in [7, 11) is 4.80. The Morgan fingerprint density at radius 1 is 1.04 bits per heavy atom. The quantitative estimate of drug-likeness (QED) is 0.531. The van der Waals surface area contributed by atoms with Crippen LogP contribution in [0.3, 0.4) is 0 Å². The van der Waals surface area contributed by atoms with E-state index in [0.717, 1.165) is 11.1 Å². The Hall–Kier alpha value is -3.13. The molecule has 1 heterocycles. The van der Waals surface area contributed by atoms with Crippen LogP contribution >= 0.6 is 12.2 Å². The summed E-state index contributed by atoms with van der Waals surface area (Å²) < 4.78 is 17.9. The Morgan fingerprint density at radius 2 is 1.81 bits per heavy atom. The molecule has 0 saturated heterocycles. The Kier molecular flexibility index (Phi) is 5.33. The van der Waals surface area contributed by atoms with Crippen LogP contribution in [-0.2, 0) is 0 Å².